The van der Waals surface area contributed by atoms with Gasteiger partial charge in [0.05, 0.1) is 0 Å². The van der Waals surface area contributed by atoms with Gasteiger partial charge in [0, 0.05) is 10.7 Å². The average Bonchev–Trinajstić information content (AvgIpc) is 2.29. The molecule has 1 rings (SSSR count). The van der Waals surface area contributed by atoms with Crippen molar-refractivity contribution in [2.24, 2.45) is 5.41 Å². The first-order chi connectivity index (χ1) is 5.45. The molecule has 0 amide bonds. The van der Waals surface area contributed by atoms with Crippen molar-refractivity contribution in [1.29, 1.82) is 0 Å². The third-order valence-electron chi connectivity index (χ3n) is 1.81. The van der Waals surface area contributed by atoms with E-state index in [1.165, 1.54) is 0 Å². The number of alkyl halides is 1. The molecule has 0 saturated carbocycles. The van der Waals surface area contributed by atoms with Gasteiger partial charge in [-0.2, -0.15) is 0 Å². The van der Waals surface area contributed by atoms with Crippen molar-refractivity contribution in [3.8, 4) is 0 Å². The zero-order valence-electron chi connectivity index (χ0n) is 7.46. The number of carbonyl (C=O) groups excluding carboxylic acids is 1. The molecule has 12 heavy (non-hydrogen) atoms. The molecule has 0 radical (unpaired) electrons. The summed E-state index contributed by atoms with van der Waals surface area (Å²) in [5, 5.41) is 0.626. The fourth-order valence-corrected chi connectivity index (χ4v) is 1.71. The van der Waals surface area contributed by atoms with Gasteiger partial charge in [-0.05, 0) is 0 Å². The lowest BCUT2D eigenvalue weighted by atomic mass is 9.86. The van der Waals surface area contributed by atoms with Crippen molar-refractivity contribution >= 4 is 22.1 Å². The second kappa shape index (κ2) is 3.24. The van der Waals surface area contributed by atoms with Crippen molar-refractivity contribution in [2.45, 2.75) is 33.0 Å². The summed E-state index contributed by atoms with van der Waals surface area (Å²) in [6.45, 7) is 6.07. The van der Waals surface area contributed by atoms with Gasteiger partial charge in [-0.25, -0.2) is 4.79 Å². The summed E-state index contributed by atoms with van der Waals surface area (Å²) in [5.41, 5.74) is -0.0649. The predicted octanol–water partition coefficient (Wildman–Crippen LogP) is 2.33. The largest absolute Gasteiger partial charge is 0.509 e. The molecule has 0 aromatic carbocycles. The Kier molecular flexibility index (Phi) is 2.66. The fourth-order valence-electron chi connectivity index (χ4n) is 1.24. The van der Waals surface area contributed by atoms with Crippen LogP contribution in [0.5, 0.6) is 0 Å². The SMILES string of the molecule is CC(C)(C)C1OC(=O)OC1CBr. The first-order valence-corrected chi connectivity index (χ1v) is 5.00. The van der Waals surface area contributed by atoms with Gasteiger partial charge in [0.1, 0.15) is 6.10 Å². The van der Waals surface area contributed by atoms with Gasteiger partial charge in [-0.15, -0.1) is 0 Å². The normalized spacial score (nSPS) is 29.8. The Morgan fingerprint density at radius 2 is 2.00 bits per heavy atom. The minimum atomic E-state index is -0.556. The van der Waals surface area contributed by atoms with Crippen LogP contribution in [-0.2, 0) is 9.47 Å². The molecule has 1 fully saturated rings. The Bertz CT molecular complexity index is 185. The lowest BCUT2D eigenvalue weighted by Crippen LogP contribution is -2.36. The number of hydrogen-bond donors (Lipinski definition) is 0. The Hall–Kier alpha value is -0.250. The molecule has 2 unspecified atom stereocenters. The monoisotopic (exact) mass is 236 g/mol. The third kappa shape index (κ3) is 1.91. The van der Waals surface area contributed by atoms with E-state index in [0.717, 1.165) is 0 Å². The lowest BCUT2D eigenvalue weighted by Gasteiger charge is -2.26. The number of carbonyl (C=O) groups is 1. The van der Waals surface area contributed by atoms with E-state index >= 15 is 0 Å². The average molecular weight is 237 g/mol. The molecule has 1 aliphatic heterocycles. The molecule has 4 heteroatoms. The van der Waals surface area contributed by atoms with E-state index in [0.29, 0.717) is 5.33 Å². The highest BCUT2D eigenvalue weighted by molar-refractivity contribution is 9.09. The molecule has 1 aliphatic rings. The number of cyclic esters (lactones) is 2. The van der Waals surface area contributed by atoms with Gasteiger partial charge < -0.3 is 9.47 Å². The van der Waals surface area contributed by atoms with Crippen LogP contribution in [0.4, 0.5) is 4.79 Å². The van der Waals surface area contributed by atoms with Crippen LogP contribution in [0.25, 0.3) is 0 Å². The first kappa shape index (κ1) is 9.84. The zero-order valence-corrected chi connectivity index (χ0v) is 9.05. The maximum Gasteiger partial charge on any atom is 0.509 e. The van der Waals surface area contributed by atoms with Gasteiger partial charge in [0.2, 0.25) is 0 Å². The van der Waals surface area contributed by atoms with Crippen LogP contribution in [-0.4, -0.2) is 23.7 Å². The Labute approximate surface area is 80.5 Å². The highest BCUT2D eigenvalue weighted by atomic mass is 79.9. The molecule has 3 nitrogen and oxygen atoms in total. The van der Waals surface area contributed by atoms with E-state index in [2.05, 4.69) is 15.9 Å². The van der Waals surface area contributed by atoms with Crippen LogP contribution < -0.4 is 0 Å². The van der Waals surface area contributed by atoms with Crippen molar-refractivity contribution in [3.05, 3.63) is 0 Å². The molecule has 0 aromatic rings. The van der Waals surface area contributed by atoms with Crippen LogP contribution in [0.2, 0.25) is 0 Å². The fraction of sp³-hybridized carbons (Fsp3) is 0.875. The van der Waals surface area contributed by atoms with E-state index in [1.807, 2.05) is 20.8 Å². The number of rotatable bonds is 1. The zero-order chi connectivity index (χ0) is 9.35. The molecular weight excluding hydrogens is 224 g/mol. The van der Waals surface area contributed by atoms with Gasteiger partial charge in [0.15, 0.2) is 6.10 Å². The van der Waals surface area contributed by atoms with Crippen molar-refractivity contribution in [2.75, 3.05) is 5.33 Å². The lowest BCUT2D eigenvalue weighted by molar-refractivity contribution is 0.0581. The molecular formula is C8H13BrO3. The molecule has 2 atom stereocenters. The van der Waals surface area contributed by atoms with Crippen molar-refractivity contribution in [1.82, 2.24) is 0 Å². The Morgan fingerprint density at radius 3 is 2.33 bits per heavy atom. The molecule has 0 bridgehead atoms. The second-order valence-electron chi connectivity index (χ2n) is 3.97. The number of hydrogen-bond acceptors (Lipinski definition) is 3. The Balaban J connectivity index is 2.70. The minimum absolute atomic E-state index is 0.0649. The van der Waals surface area contributed by atoms with Gasteiger partial charge in [-0.3, -0.25) is 0 Å². The molecule has 0 spiro atoms. The van der Waals surface area contributed by atoms with Crippen LogP contribution in [0, 0.1) is 5.41 Å². The summed E-state index contributed by atoms with van der Waals surface area (Å²) >= 11 is 3.28. The molecule has 1 saturated heterocycles. The van der Waals surface area contributed by atoms with Gasteiger partial charge >= 0.3 is 6.16 Å². The van der Waals surface area contributed by atoms with Crippen LogP contribution in [0.1, 0.15) is 20.8 Å². The van der Waals surface area contributed by atoms with E-state index in [-0.39, 0.29) is 17.6 Å². The second-order valence-corrected chi connectivity index (χ2v) is 4.61. The smallest absolute Gasteiger partial charge is 0.426 e. The van der Waals surface area contributed by atoms with Gasteiger partial charge in [0.25, 0.3) is 0 Å². The molecule has 0 N–H and O–H groups in total. The van der Waals surface area contributed by atoms with E-state index in [1.54, 1.807) is 0 Å². The number of ether oxygens (including phenoxy) is 2. The van der Waals surface area contributed by atoms with Crippen molar-refractivity contribution in [3.63, 3.8) is 0 Å². The van der Waals surface area contributed by atoms with E-state index in [9.17, 15) is 4.79 Å². The van der Waals surface area contributed by atoms with Crippen LogP contribution in [0.3, 0.4) is 0 Å². The van der Waals surface area contributed by atoms with Crippen LogP contribution >= 0.6 is 15.9 Å². The highest BCUT2D eigenvalue weighted by Gasteiger charge is 2.43. The first-order valence-electron chi connectivity index (χ1n) is 3.88. The highest BCUT2D eigenvalue weighted by Crippen LogP contribution is 2.31. The van der Waals surface area contributed by atoms with Gasteiger partial charge in [-0.1, -0.05) is 36.7 Å². The third-order valence-corrected chi connectivity index (χ3v) is 2.45. The summed E-state index contributed by atoms with van der Waals surface area (Å²) < 4.78 is 9.98. The molecule has 1 heterocycles. The molecule has 70 valence electrons. The van der Waals surface area contributed by atoms with E-state index < -0.39 is 6.16 Å². The summed E-state index contributed by atoms with van der Waals surface area (Å²) in [4.78, 5) is 10.8. The molecule has 0 aromatic heterocycles. The summed E-state index contributed by atoms with van der Waals surface area (Å²) in [6, 6.07) is 0. The summed E-state index contributed by atoms with van der Waals surface area (Å²) in [7, 11) is 0. The predicted molar refractivity (Wildman–Crippen MR) is 48.4 cm³/mol. The Morgan fingerprint density at radius 1 is 1.42 bits per heavy atom. The summed E-state index contributed by atoms with van der Waals surface area (Å²) in [6.07, 6.45) is -0.860. The van der Waals surface area contributed by atoms with E-state index in [4.69, 9.17) is 9.47 Å². The topological polar surface area (TPSA) is 35.5 Å². The van der Waals surface area contributed by atoms with Crippen molar-refractivity contribution < 1.29 is 14.3 Å². The van der Waals surface area contributed by atoms with Crippen LogP contribution in [0.15, 0.2) is 0 Å². The number of halogens is 1. The maximum atomic E-state index is 10.8. The molecule has 0 aliphatic carbocycles. The standard InChI is InChI=1S/C8H13BrO3/c1-8(2,3)6-5(4-9)11-7(10)12-6/h5-6H,4H2,1-3H3. The maximum absolute atomic E-state index is 10.8. The quantitative estimate of drug-likeness (QED) is 0.518. The summed E-state index contributed by atoms with van der Waals surface area (Å²) in [5.74, 6) is 0. The minimum Gasteiger partial charge on any atom is -0.426 e.